The van der Waals surface area contributed by atoms with Crippen molar-refractivity contribution in [1.29, 1.82) is 0 Å². The quantitative estimate of drug-likeness (QED) is 0.197. The van der Waals surface area contributed by atoms with E-state index < -0.39 is 0 Å². The predicted molar refractivity (Wildman–Crippen MR) is 98.3 cm³/mol. The number of carbonyl (C=O) groups is 2. The number of hydrogen-bond donors (Lipinski definition) is 0. The molecule has 0 spiro atoms. The van der Waals surface area contributed by atoms with Crippen LogP contribution in [0.4, 0.5) is 0 Å². The summed E-state index contributed by atoms with van der Waals surface area (Å²) in [7, 11) is 0. The van der Waals surface area contributed by atoms with Gasteiger partial charge in [0.2, 0.25) is 0 Å². The first-order valence-corrected chi connectivity index (χ1v) is 10.1. The molecule has 0 aliphatic carbocycles. The van der Waals surface area contributed by atoms with E-state index in [1.165, 1.54) is 32.1 Å². The molecule has 0 amide bonds. The average molecular weight is 363 g/mol. The maximum absolute atomic E-state index is 11.5. The topological polar surface area (TPSA) is 52.6 Å². The SMILES string of the molecule is CCCCCCOC(=O)CCCC(=O)OCCCCCCCCCl. The molecule has 0 unspecified atom stereocenters. The Morgan fingerprint density at radius 3 is 1.62 bits per heavy atom. The molecule has 0 aromatic carbocycles. The second-order valence-electron chi connectivity index (χ2n) is 6.17. The molecule has 0 aliphatic heterocycles. The van der Waals surface area contributed by atoms with Gasteiger partial charge in [0.05, 0.1) is 13.2 Å². The zero-order valence-electron chi connectivity index (χ0n) is 15.3. The highest BCUT2D eigenvalue weighted by molar-refractivity contribution is 6.17. The lowest BCUT2D eigenvalue weighted by Gasteiger charge is -2.06. The molecule has 0 heterocycles. The summed E-state index contributed by atoms with van der Waals surface area (Å²) < 4.78 is 10.3. The van der Waals surface area contributed by atoms with Crippen molar-refractivity contribution in [3.63, 3.8) is 0 Å². The molecule has 0 aromatic rings. The van der Waals surface area contributed by atoms with E-state index in [4.69, 9.17) is 21.1 Å². The van der Waals surface area contributed by atoms with Crippen molar-refractivity contribution in [3.05, 3.63) is 0 Å². The molecule has 142 valence electrons. The molecule has 0 aliphatic rings. The first kappa shape index (κ1) is 23.2. The van der Waals surface area contributed by atoms with Gasteiger partial charge in [0.1, 0.15) is 0 Å². The smallest absolute Gasteiger partial charge is 0.305 e. The first-order valence-electron chi connectivity index (χ1n) is 9.58. The fourth-order valence-electron chi connectivity index (χ4n) is 2.33. The zero-order valence-corrected chi connectivity index (χ0v) is 16.1. The number of esters is 2. The number of rotatable bonds is 17. The Balaban J connectivity index is 3.32. The van der Waals surface area contributed by atoms with Gasteiger partial charge in [0, 0.05) is 18.7 Å². The van der Waals surface area contributed by atoms with Gasteiger partial charge < -0.3 is 9.47 Å². The second kappa shape index (κ2) is 18.6. The Morgan fingerprint density at radius 1 is 0.667 bits per heavy atom. The van der Waals surface area contributed by atoms with Crippen LogP contribution in [0.15, 0.2) is 0 Å². The summed E-state index contributed by atoms with van der Waals surface area (Å²) in [6, 6.07) is 0. The van der Waals surface area contributed by atoms with Gasteiger partial charge >= 0.3 is 11.9 Å². The maximum atomic E-state index is 11.5. The van der Waals surface area contributed by atoms with Crippen molar-refractivity contribution in [3.8, 4) is 0 Å². The summed E-state index contributed by atoms with van der Waals surface area (Å²) in [6.45, 7) is 3.12. The molecule has 5 heteroatoms. The Hall–Kier alpha value is -0.770. The van der Waals surface area contributed by atoms with Crippen LogP contribution in [0.5, 0.6) is 0 Å². The van der Waals surface area contributed by atoms with Crippen LogP contribution in [0, 0.1) is 0 Å². The van der Waals surface area contributed by atoms with Gasteiger partial charge in [-0.2, -0.15) is 0 Å². The second-order valence-corrected chi connectivity index (χ2v) is 6.54. The number of halogens is 1. The lowest BCUT2D eigenvalue weighted by atomic mass is 10.1. The standard InChI is InChI=1S/C19H35ClO4/c1-2-3-4-10-16-23-18(21)13-12-14-19(22)24-17-11-8-6-5-7-9-15-20/h2-17H2,1H3. The van der Waals surface area contributed by atoms with Crippen molar-refractivity contribution in [1.82, 2.24) is 0 Å². The Labute approximate surface area is 152 Å². The molecular weight excluding hydrogens is 328 g/mol. The largest absolute Gasteiger partial charge is 0.466 e. The minimum absolute atomic E-state index is 0.212. The third-order valence-corrected chi connectivity index (χ3v) is 4.08. The van der Waals surface area contributed by atoms with Gasteiger partial charge in [-0.15, -0.1) is 11.6 Å². The number of carbonyl (C=O) groups excluding carboxylic acids is 2. The predicted octanol–water partition coefficient (Wildman–Crippen LogP) is 5.40. The summed E-state index contributed by atoms with van der Waals surface area (Å²) in [5.41, 5.74) is 0. The van der Waals surface area contributed by atoms with Crippen LogP contribution in [0.2, 0.25) is 0 Å². The van der Waals surface area contributed by atoms with Crippen molar-refractivity contribution in [2.24, 2.45) is 0 Å². The lowest BCUT2D eigenvalue weighted by Crippen LogP contribution is -2.09. The van der Waals surface area contributed by atoms with E-state index in [9.17, 15) is 9.59 Å². The number of unbranched alkanes of at least 4 members (excludes halogenated alkanes) is 8. The molecule has 0 fully saturated rings. The number of hydrogen-bond acceptors (Lipinski definition) is 4. The monoisotopic (exact) mass is 362 g/mol. The van der Waals surface area contributed by atoms with Crippen LogP contribution in [-0.2, 0) is 19.1 Å². The Bertz CT molecular complexity index is 308. The van der Waals surface area contributed by atoms with Gasteiger partial charge in [-0.3, -0.25) is 9.59 Å². The van der Waals surface area contributed by atoms with Crippen LogP contribution < -0.4 is 0 Å². The highest BCUT2D eigenvalue weighted by atomic mass is 35.5. The Morgan fingerprint density at radius 2 is 1.12 bits per heavy atom. The lowest BCUT2D eigenvalue weighted by molar-refractivity contribution is -0.145. The molecule has 0 rings (SSSR count). The first-order chi connectivity index (χ1) is 11.7. The van der Waals surface area contributed by atoms with Crippen molar-refractivity contribution in [2.45, 2.75) is 90.4 Å². The summed E-state index contributed by atoms with van der Waals surface area (Å²) in [6.07, 6.45) is 12.1. The number of ether oxygens (including phenoxy) is 2. The third kappa shape index (κ3) is 17.6. The molecule has 0 saturated heterocycles. The molecule has 0 radical (unpaired) electrons. The third-order valence-electron chi connectivity index (χ3n) is 3.81. The van der Waals surface area contributed by atoms with E-state index >= 15 is 0 Å². The minimum Gasteiger partial charge on any atom is -0.466 e. The summed E-state index contributed by atoms with van der Waals surface area (Å²) in [5.74, 6) is 0.313. The fraction of sp³-hybridized carbons (Fsp3) is 0.895. The molecule has 24 heavy (non-hydrogen) atoms. The normalized spacial score (nSPS) is 10.6. The van der Waals surface area contributed by atoms with Crippen LogP contribution in [0.3, 0.4) is 0 Å². The molecule has 0 N–H and O–H groups in total. The highest BCUT2D eigenvalue weighted by Crippen LogP contribution is 2.07. The molecule has 0 aromatic heterocycles. The molecule has 0 atom stereocenters. The van der Waals surface area contributed by atoms with Crippen LogP contribution in [-0.4, -0.2) is 31.0 Å². The van der Waals surface area contributed by atoms with E-state index in [0.717, 1.165) is 38.0 Å². The number of alkyl halides is 1. The Kier molecular flexibility index (Phi) is 18.0. The van der Waals surface area contributed by atoms with Gasteiger partial charge in [-0.25, -0.2) is 0 Å². The van der Waals surface area contributed by atoms with Crippen molar-refractivity contribution in [2.75, 3.05) is 19.1 Å². The van der Waals surface area contributed by atoms with Gasteiger partial charge in [0.25, 0.3) is 0 Å². The van der Waals surface area contributed by atoms with E-state index in [-0.39, 0.29) is 11.9 Å². The van der Waals surface area contributed by atoms with Gasteiger partial charge in [-0.1, -0.05) is 51.9 Å². The molecule has 0 bridgehead atoms. The van der Waals surface area contributed by atoms with Gasteiger partial charge in [0.15, 0.2) is 0 Å². The maximum Gasteiger partial charge on any atom is 0.305 e. The summed E-state index contributed by atoms with van der Waals surface area (Å²) in [5, 5.41) is 0. The van der Waals surface area contributed by atoms with E-state index in [0.29, 0.717) is 32.5 Å². The van der Waals surface area contributed by atoms with Crippen LogP contribution >= 0.6 is 11.6 Å². The summed E-state index contributed by atoms with van der Waals surface area (Å²) in [4.78, 5) is 23.0. The van der Waals surface area contributed by atoms with Crippen molar-refractivity contribution >= 4 is 23.5 Å². The van der Waals surface area contributed by atoms with E-state index in [1.807, 2.05) is 0 Å². The van der Waals surface area contributed by atoms with Gasteiger partial charge in [-0.05, 0) is 25.7 Å². The fourth-order valence-corrected chi connectivity index (χ4v) is 2.51. The zero-order chi connectivity index (χ0) is 17.9. The minimum atomic E-state index is -0.215. The highest BCUT2D eigenvalue weighted by Gasteiger charge is 2.07. The summed E-state index contributed by atoms with van der Waals surface area (Å²) >= 11 is 5.62. The van der Waals surface area contributed by atoms with Crippen LogP contribution in [0.25, 0.3) is 0 Å². The van der Waals surface area contributed by atoms with Crippen LogP contribution in [0.1, 0.15) is 90.4 Å². The van der Waals surface area contributed by atoms with E-state index in [1.54, 1.807) is 0 Å². The molecular formula is C19H35ClO4. The van der Waals surface area contributed by atoms with Crippen molar-refractivity contribution < 1.29 is 19.1 Å². The average Bonchev–Trinajstić information content (AvgIpc) is 2.57. The molecule has 0 saturated carbocycles. The molecule has 4 nitrogen and oxygen atoms in total. The van der Waals surface area contributed by atoms with E-state index in [2.05, 4.69) is 6.92 Å².